The van der Waals surface area contributed by atoms with Crippen molar-refractivity contribution < 1.29 is 40.9 Å². The highest BCUT2D eigenvalue weighted by molar-refractivity contribution is 7.94. The molecule has 1 fully saturated rings. The van der Waals surface area contributed by atoms with Gasteiger partial charge in [0, 0.05) is 32.4 Å². The number of sulfone groups is 1. The second-order valence-electron chi connectivity index (χ2n) is 13.5. The Morgan fingerprint density at radius 1 is 0.797 bits per heavy atom. The molecule has 0 radical (unpaired) electrons. The lowest BCUT2D eigenvalue weighted by atomic mass is 10.00. The molecule has 2 aromatic heterocycles. The van der Waals surface area contributed by atoms with Gasteiger partial charge < -0.3 is 24.2 Å². The van der Waals surface area contributed by atoms with Gasteiger partial charge in [0.05, 0.1) is 38.3 Å². The third-order valence-corrected chi connectivity index (χ3v) is 14.2. The number of methoxy groups -OCH3 is 3. The first-order valence-electron chi connectivity index (χ1n) is 18.0. The van der Waals surface area contributed by atoms with E-state index in [1.165, 1.54) is 47.6 Å². The van der Waals surface area contributed by atoms with Crippen molar-refractivity contribution in [2.75, 3.05) is 34.4 Å². The highest BCUT2D eigenvalue weighted by Crippen LogP contribution is 2.43. The molecule has 1 N–H and O–H groups in total. The number of carbonyl (C=O) groups is 1. The summed E-state index contributed by atoms with van der Waals surface area (Å²) >= 11 is 6.39. The summed E-state index contributed by atoms with van der Waals surface area (Å²) in [4.78, 5) is 15.7. The van der Waals surface area contributed by atoms with Gasteiger partial charge in [0.2, 0.25) is 10.0 Å². The molecule has 0 bridgehead atoms. The lowest BCUT2D eigenvalue weighted by Gasteiger charge is -2.37. The van der Waals surface area contributed by atoms with Crippen molar-refractivity contribution in [1.29, 1.82) is 0 Å². The zero-order valence-corrected chi connectivity index (χ0v) is 34.4. The number of hydrogen-bond donors (Lipinski definition) is 1. The van der Waals surface area contributed by atoms with Crippen molar-refractivity contribution in [3.8, 4) is 39.8 Å². The van der Waals surface area contributed by atoms with E-state index in [1.807, 2.05) is 0 Å². The van der Waals surface area contributed by atoms with Gasteiger partial charge in [-0.15, -0.1) is 5.10 Å². The minimum atomic E-state index is -4.90. The Hall–Kier alpha value is -6.08. The number of pyridine rings is 1. The molecule has 1 saturated heterocycles. The van der Waals surface area contributed by atoms with Crippen molar-refractivity contribution in [2.24, 2.45) is 0 Å². The normalized spacial score (nSPS) is 13.3. The van der Waals surface area contributed by atoms with Gasteiger partial charge in [-0.3, -0.25) is 0 Å². The summed E-state index contributed by atoms with van der Waals surface area (Å²) in [5, 5.41) is 21.0. The second kappa shape index (κ2) is 17.0. The maximum atomic E-state index is 15.8. The first-order chi connectivity index (χ1) is 28.3. The van der Waals surface area contributed by atoms with Gasteiger partial charge in [-0.1, -0.05) is 54.1 Å². The van der Waals surface area contributed by atoms with Crippen molar-refractivity contribution >= 4 is 37.6 Å². The number of benzene rings is 4. The number of rotatable bonds is 15. The molecule has 0 spiro atoms. The molecular weight excluding hydrogens is 822 g/mol. The Bertz CT molecular complexity index is 2640. The van der Waals surface area contributed by atoms with E-state index in [2.05, 4.69) is 20.5 Å². The van der Waals surface area contributed by atoms with Gasteiger partial charge in [0.25, 0.3) is 0 Å². The number of nitrogens with zero attached hydrogens (tertiary/aromatic N) is 7. The van der Waals surface area contributed by atoms with Crippen LogP contribution in [0.3, 0.4) is 0 Å². The fourth-order valence-corrected chi connectivity index (χ4v) is 10.9. The molecule has 1 aliphatic rings. The number of carboxylic acid groups (broad SMARTS) is 1. The van der Waals surface area contributed by atoms with Gasteiger partial charge >= 0.3 is 6.09 Å². The van der Waals surface area contributed by atoms with Gasteiger partial charge in [0.15, 0.2) is 15.7 Å². The van der Waals surface area contributed by atoms with Crippen molar-refractivity contribution in [3.05, 3.63) is 125 Å². The van der Waals surface area contributed by atoms with E-state index in [-0.39, 0.29) is 54.8 Å². The molecule has 306 valence electrons. The van der Waals surface area contributed by atoms with E-state index in [4.69, 9.17) is 25.8 Å². The maximum Gasteiger partial charge on any atom is 0.407 e. The lowest BCUT2D eigenvalue weighted by Crippen LogP contribution is -2.56. The molecule has 0 aliphatic carbocycles. The number of aromatic nitrogens is 5. The van der Waals surface area contributed by atoms with E-state index in [9.17, 15) is 18.3 Å². The van der Waals surface area contributed by atoms with E-state index < -0.39 is 41.0 Å². The van der Waals surface area contributed by atoms with Gasteiger partial charge in [-0.2, -0.15) is 4.31 Å². The van der Waals surface area contributed by atoms with E-state index in [1.54, 1.807) is 86.0 Å². The molecule has 1 amide bonds. The Kier molecular flexibility index (Phi) is 11.9. The number of sulfonamides is 1. The molecule has 59 heavy (non-hydrogen) atoms. The molecule has 16 nitrogen and oxygen atoms in total. The van der Waals surface area contributed by atoms with Crippen LogP contribution in [0.4, 0.5) is 4.79 Å². The third kappa shape index (κ3) is 8.56. The van der Waals surface area contributed by atoms with E-state index >= 15 is 8.42 Å². The summed E-state index contributed by atoms with van der Waals surface area (Å²) in [6.45, 7) is -1.06. The monoisotopic (exact) mass is 859 g/mol. The van der Waals surface area contributed by atoms with Crippen LogP contribution in [0, 0.1) is 0 Å². The van der Waals surface area contributed by atoms with E-state index in [0.29, 0.717) is 33.9 Å². The van der Waals surface area contributed by atoms with Crippen molar-refractivity contribution in [2.45, 2.75) is 34.7 Å². The van der Waals surface area contributed by atoms with Crippen LogP contribution in [-0.2, 0) is 39.5 Å². The molecule has 3 heterocycles. The van der Waals surface area contributed by atoms with E-state index in [0.717, 1.165) is 10.5 Å². The van der Waals surface area contributed by atoms with Crippen LogP contribution in [0.15, 0.2) is 113 Å². The highest BCUT2D eigenvalue weighted by Gasteiger charge is 2.45. The predicted molar refractivity (Wildman–Crippen MR) is 217 cm³/mol. The Morgan fingerprint density at radius 3 is 1.85 bits per heavy atom. The minimum Gasteiger partial charge on any atom is -0.497 e. The average molecular weight is 860 g/mol. The van der Waals surface area contributed by atoms with Crippen LogP contribution >= 0.6 is 11.6 Å². The van der Waals surface area contributed by atoms with Crippen LogP contribution in [0.2, 0.25) is 5.15 Å². The summed E-state index contributed by atoms with van der Waals surface area (Å²) in [6, 6.07) is 26.6. The summed E-state index contributed by atoms with van der Waals surface area (Å²) in [6.07, 6.45) is 0.146. The van der Waals surface area contributed by atoms with Gasteiger partial charge in [-0.05, 0) is 92.8 Å². The van der Waals surface area contributed by atoms with Crippen LogP contribution in [-0.4, -0.2) is 102 Å². The van der Waals surface area contributed by atoms with Gasteiger partial charge in [-0.25, -0.2) is 31.3 Å². The summed E-state index contributed by atoms with van der Waals surface area (Å²) in [7, 11) is -4.88. The molecular formula is C40H38ClN7O9S2. The number of tetrazole rings is 1. The van der Waals surface area contributed by atoms with Crippen LogP contribution in [0.25, 0.3) is 22.5 Å². The predicted octanol–water partition coefficient (Wildman–Crippen LogP) is 5.66. The largest absolute Gasteiger partial charge is 0.497 e. The summed E-state index contributed by atoms with van der Waals surface area (Å²) in [5.74, 6) is 1.66. The molecule has 0 unspecified atom stereocenters. The molecule has 0 atom stereocenters. The zero-order valence-electron chi connectivity index (χ0n) is 32.0. The molecule has 6 aromatic rings. The van der Waals surface area contributed by atoms with Crippen LogP contribution in [0.1, 0.15) is 16.7 Å². The number of ether oxygens (including phenoxy) is 3. The second-order valence-corrected chi connectivity index (χ2v) is 18.0. The van der Waals surface area contributed by atoms with Crippen LogP contribution < -0.4 is 14.2 Å². The molecule has 0 saturated carbocycles. The first kappa shape index (κ1) is 41.1. The number of halogens is 1. The number of hydrogen-bond acceptors (Lipinski definition) is 12. The quantitative estimate of drug-likeness (QED) is 0.124. The molecule has 7 rings (SSSR count). The molecule has 19 heteroatoms. The lowest BCUT2D eigenvalue weighted by molar-refractivity contribution is 0.120. The molecule has 4 aromatic carbocycles. The maximum absolute atomic E-state index is 15.8. The molecule has 1 aliphatic heterocycles. The standard InChI is InChI=1S/C40H38ClN7O9S2/c1-55-30-10-4-26(5-11-30)21-47(22-27-6-12-31(56-2)13-7-27)59(53,54)38-35(58(51,52)33-24-46(25-33)40(49)50)17-16-34(29-18-19-42-36(41)20-29)37(38)39-43-44-45-48(39)23-28-8-14-32(57-3)15-9-28/h4-20,33H,21-25H2,1-3H3,(H,49,50). The van der Waals surface area contributed by atoms with Crippen molar-refractivity contribution in [3.63, 3.8) is 0 Å². The van der Waals surface area contributed by atoms with Crippen LogP contribution in [0.5, 0.6) is 17.2 Å². The summed E-state index contributed by atoms with van der Waals surface area (Å²) in [5.41, 5.74) is 2.41. The average Bonchev–Trinajstić information content (AvgIpc) is 3.67. The van der Waals surface area contributed by atoms with Crippen molar-refractivity contribution in [1.82, 2.24) is 34.4 Å². The summed E-state index contributed by atoms with van der Waals surface area (Å²) < 4.78 is 79.7. The zero-order chi connectivity index (χ0) is 41.9. The fraction of sp³-hybridized carbons (Fsp3) is 0.225. The first-order valence-corrected chi connectivity index (χ1v) is 21.3. The Morgan fingerprint density at radius 2 is 1.34 bits per heavy atom. The highest BCUT2D eigenvalue weighted by atomic mass is 35.5. The Balaban J connectivity index is 1.50. The SMILES string of the molecule is COc1ccc(CN(Cc2ccc(OC)cc2)S(=O)(=O)c2c(S(=O)(=O)C3CN(C(=O)O)C3)ccc(-c3ccnc(Cl)c3)c2-c2nnnn2Cc2ccc(OC)cc2)cc1. The third-order valence-electron chi connectivity index (χ3n) is 9.90. The smallest absolute Gasteiger partial charge is 0.407 e. The number of amides is 1. The number of likely N-dealkylation sites (tertiary alicyclic amines) is 1. The fourth-order valence-electron chi connectivity index (χ4n) is 6.66. The topological polar surface area (TPSA) is 196 Å². The van der Waals surface area contributed by atoms with Gasteiger partial charge in [0.1, 0.15) is 32.5 Å². The minimum absolute atomic E-state index is 0.0525. The Labute approximate surface area is 345 Å².